The fraction of sp³-hybridized carbons (Fsp3) is 0.696. The van der Waals surface area contributed by atoms with E-state index in [1.807, 2.05) is 17.0 Å². The smallest absolute Gasteiger partial charge is 0.219 e. The van der Waals surface area contributed by atoms with Crippen molar-refractivity contribution in [2.24, 2.45) is 0 Å². The molecule has 0 spiro atoms. The number of hydrogen-bond acceptors (Lipinski definition) is 5. The molecular weight excluding hydrogens is 366 g/mol. The van der Waals surface area contributed by atoms with Gasteiger partial charge in [0.05, 0.1) is 0 Å². The molecule has 1 saturated carbocycles. The summed E-state index contributed by atoms with van der Waals surface area (Å²) in [5.41, 5.74) is 1.20. The number of carbonyl (C=O) groups excluding carboxylic acids is 1. The van der Waals surface area contributed by atoms with Gasteiger partial charge in [0, 0.05) is 52.2 Å². The van der Waals surface area contributed by atoms with Crippen molar-refractivity contribution in [2.45, 2.75) is 57.7 Å². The van der Waals surface area contributed by atoms with Crippen molar-refractivity contribution in [3.8, 4) is 5.75 Å². The topological polar surface area (TPSA) is 56.3 Å². The van der Waals surface area contributed by atoms with Gasteiger partial charge in [-0.15, -0.1) is 0 Å². The molecule has 0 bridgehead atoms. The number of hydrogen-bond donors (Lipinski definition) is 1. The molecule has 1 aliphatic heterocycles. The molecule has 3 rings (SSSR count). The normalized spacial score (nSPS) is 20.1. The Morgan fingerprint density at radius 1 is 1.21 bits per heavy atom. The van der Waals surface area contributed by atoms with Crippen LogP contribution in [0.4, 0.5) is 0 Å². The first-order chi connectivity index (χ1) is 14.0. The van der Waals surface area contributed by atoms with Crippen LogP contribution >= 0.6 is 0 Å². The molecule has 1 heterocycles. The number of carbonyl (C=O) groups is 1. The molecule has 1 atom stereocenters. The van der Waals surface area contributed by atoms with Gasteiger partial charge in [0.2, 0.25) is 5.91 Å². The monoisotopic (exact) mass is 403 g/mol. The fourth-order valence-corrected chi connectivity index (χ4v) is 4.46. The van der Waals surface area contributed by atoms with Crippen molar-refractivity contribution in [3.05, 3.63) is 29.8 Å². The van der Waals surface area contributed by atoms with Crippen LogP contribution in [-0.4, -0.2) is 84.2 Å². The van der Waals surface area contributed by atoms with Gasteiger partial charge in [-0.2, -0.15) is 0 Å². The molecule has 1 aromatic rings. The molecule has 1 saturated heterocycles. The summed E-state index contributed by atoms with van der Waals surface area (Å²) in [5, 5.41) is 10.4. The summed E-state index contributed by atoms with van der Waals surface area (Å²) < 4.78 is 5.89. The maximum Gasteiger partial charge on any atom is 0.219 e. The molecular formula is C23H37N3O3. The van der Waals surface area contributed by atoms with E-state index in [0.717, 1.165) is 38.5 Å². The van der Waals surface area contributed by atoms with Crippen molar-refractivity contribution in [1.29, 1.82) is 0 Å². The maximum atomic E-state index is 11.5. The number of rotatable bonds is 8. The van der Waals surface area contributed by atoms with Crippen molar-refractivity contribution >= 4 is 5.91 Å². The van der Waals surface area contributed by atoms with Crippen LogP contribution < -0.4 is 4.74 Å². The molecule has 1 amide bonds. The van der Waals surface area contributed by atoms with Crippen molar-refractivity contribution in [3.63, 3.8) is 0 Å². The van der Waals surface area contributed by atoms with Gasteiger partial charge in [0.15, 0.2) is 0 Å². The highest BCUT2D eigenvalue weighted by Crippen LogP contribution is 2.22. The van der Waals surface area contributed by atoms with Crippen LogP contribution in [0.1, 0.15) is 44.6 Å². The van der Waals surface area contributed by atoms with E-state index in [1.54, 1.807) is 6.92 Å². The maximum absolute atomic E-state index is 11.5. The van der Waals surface area contributed by atoms with Crippen LogP contribution in [0.25, 0.3) is 0 Å². The van der Waals surface area contributed by atoms with Crippen molar-refractivity contribution < 1.29 is 14.6 Å². The zero-order valence-corrected chi connectivity index (χ0v) is 18.1. The van der Waals surface area contributed by atoms with Gasteiger partial charge in [-0.25, -0.2) is 0 Å². The molecule has 162 valence electrons. The summed E-state index contributed by atoms with van der Waals surface area (Å²) in [6, 6.07) is 8.74. The lowest BCUT2D eigenvalue weighted by atomic mass is 9.94. The summed E-state index contributed by atoms with van der Waals surface area (Å²) >= 11 is 0. The number of aliphatic hydroxyl groups excluding tert-OH is 1. The third-order valence-electron chi connectivity index (χ3n) is 6.26. The molecule has 6 heteroatoms. The summed E-state index contributed by atoms with van der Waals surface area (Å²) in [7, 11) is 2.12. The van der Waals surface area contributed by atoms with E-state index in [4.69, 9.17) is 4.74 Å². The van der Waals surface area contributed by atoms with Gasteiger partial charge in [-0.05, 0) is 37.6 Å². The van der Waals surface area contributed by atoms with Crippen molar-refractivity contribution in [2.75, 3.05) is 46.4 Å². The van der Waals surface area contributed by atoms with E-state index in [1.165, 1.54) is 37.7 Å². The van der Waals surface area contributed by atoms with Crippen LogP contribution in [-0.2, 0) is 11.3 Å². The molecule has 6 nitrogen and oxygen atoms in total. The lowest BCUT2D eigenvalue weighted by Gasteiger charge is -2.34. The Hall–Kier alpha value is -1.63. The van der Waals surface area contributed by atoms with E-state index in [-0.39, 0.29) is 5.91 Å². The minimum Gasteiger partial charge on any atom is -0.491 e. The second-order valence-electron chi connectivity index (χ2n) is 8.63. The average Bonchev–Trinajstić information content (AvgIpc) is 2.73. The predicted octanol–water partition coefficient (Wildman–Crippen LogP) is 2.35. The second-order valence-corrected chi connectivity index (χ2v) is 8.63. The van der Waals surface area contributed by atoms with Crippen LogP contribution in [0, 0.1) is 0 Å². The van der Waals surface area contributed by atoms with Gasteiger partial charge >= 0.3 is 0 Å². The van der Waals surface area contributed by atoms with Crippen LogP contribution in [0.15, 0.2) is 24.3 Å². The van der Waals surface area contributed by atoms with E-state index < -0.39 is 6.10 Å². The highest BCUT2D eigenvalue weighted by Gasteiger charge is 2.21. The molecule has 1 aromatic carbocycles. The summed E-state index contributed by atoms with van der Waals surface area (Å²) in [6.07, 6.45) is 5.96. The van der Waals surface area contributed by atoms with Gasteiger partial charge in [0.1, 0.15) is 18.5 Å². The predicted molar refractivity (Wildman–Crippen MR) is 115 cm³/mol. The van der Waals surface area contributed by atoms with Crippen molar-refractivity contribution in [1.82, 2.24) is 14.7 Å². The van der Waals surface area contributed by atoms with Gasteiger partial charge in [0.25, 0.3) is 0 Å². The number of likely N-dealkylation sites (N-methyl/N-ethyl adjacent to an activating group) is 1. The zero-order valence-electron chi connectivity index (χ0n) is 18.1. The minimum absolute atomic E-state index is 0.160. The number of amides is 1. The Morgan fingerprint density at radius 3 is 2.62 bits per heavy atom. The molecule has 1 unspecified atom stereocenters. The largest absolute Gasteiger partial charge is 0.491 e. The van der Waals surface area contributed by atoms with Crippen LogP contribution in [0.3, 0.4) is 0 Å². The molecule has 29 heavy (non-hydrogen) atoms. The standard InChI is InChI=1S/C23H37N3O3/c1-19(27)26-13-11-25(12-14-26)16-20-7-6-10-23(15-20)29-18-22(28)17-24(2)21-8-4-3-5-9-21/h6-7,10,15,21-22,28H,3-5,8-9,11-14,16-18H2,1-2H3. The number of nitrogens with zero attached hydrogens (tertiary/aromatic N) is 3. The molecule has 2 fully saturated rings. The Balaban J connectivity index is 1.42. The van der Waals surface area contributed by atoms with E-state index in [9.17, 15) is 9.90 Å². The number of ether oxygens (including phenoxy) is 1. The van der Waals surface area contributed by atoms with E-state index in [2.05, 4.69) is 29.0 Å². The van der Waals surface area contributed by atoms with E-state index in [0.29, 0.717) is 19.2 Å². The second kappa shape index (κ2) is 11.0. The van der Waals surface area contributed by atoms with Gasteiger partial charge in [-0.3, -0.25) is 9.69 Å². The Morgan fingerprint density at radius 2 is 1.93 bits per heavy atom. The molecule has 1 N–H and O–H groups in total. The first-order valence-corrected chi connectivity index (χ1v) is 11.1. The van der Waals surface area contributed by atoms with E-state index >= 15 is 0 Å². The molecule has 2 aliphatic rings. The fourth-order valence-electron chi connectivity index (χ4n) is 4.46. The first kappa shape index (κ1) is 22.1. The van der Waals surface area contributed by atoms with Gasteiger partial charge < -0.3 is 19.6 Å². The lowest BCUT2D eigenvalue weighted by Crippen LogP contribution is -2.47. The highest BCUT2D eigenvalue weighted by atomic mass is 16.5. The summed E-state index contributed by atoms with van der Waals surface area (Å²) in [5.74, 6) is 0.969. The Kier molecular flexibility index (Phi) is 8.33. The Bertz CT molecular complexity index is 640. The lowest BCUT2D eigenvalue weighted by molar-refractivity contribution is -0.130. The number of aliphatic hydroxyl groups is 1. The number of benzene rings is 1. The molecule has 0 radical (unpaired) electrons. The Labute approximate surface area is 175 Å². The summed E-state index contributed by atoms with van der Waals surface area (Å²) in [6.45, 7) is 6.86. The third-order valence-corrected chi connectivity index (χ3v) is 6.26. The quantitative estimate of drug-likeness (QED) is 0.722. The number of piperazine rings is 1. The van der Waals surface area contributed by atoms with Crippen LogP contribution in [0.2, 0.25) is 0 Å². The third kappa shape index (κ3) is 6.98. The zero-order chi connectivity index (χ0) is 20.6. The average molecular weight is 404 g/mol. The highest BCUT2D eigenvalue weighted by molar-refractivity contribution is 5.73. The SMILES string of the molecule is CC(=O)N1CCN(Cc2cccc(OCC(O)CN(C)C3CCCCC3)c2)CC1. The summed E-state index contributed by atoms with van der Waals surface area (Å²) in [4.78, 5) is 18.0. The van der Waals surface area contributed by atoms with Gasteiger partial charge in [-0.1, -0.05) is 31.4 Å². The minimum atomic E-state index is -0.481. The molecule has 1 aliphatic carbocycles. The first-order valence-electron chi connectivity index (χ1n) is 11.1. The van der Waals surface area contributed by atoms with Crippen LogP contribution in [0.5, 0.6) is 5.75 Å². The molecule has 0 aromatic heterocycles.